The van der Waals surface area contributed by atoms with E-state index in [4.69, 9.17) is 10.5 Å². The zero-order chi connectivity index (χ0) is 13.1. The van der Waals surface area contributed by atoms with Crippen molar-refractivity contribution in [3.8, 4) is 6.01 Å². The highest BCUT2D eigenvalue weighted by Crippen LogP contribution is 2.23. The Morgan fingerprint density at radius 3 is 2.22 bits per heavy atom. The molecule has 0 amide bonds. The molecule has 0 aliphatic heterocycles. The molecule has 0 fully saturated rings. The van der Waals surface area contributed by atoms with Crippen LogP contribution in [0.15, 0.2) is 16.4 Å². The minimum absolute atomic E-state index is 0.105. The number of hydrogen-bond acceptors (Lipinski definition) is 8. The van der Waals surface area contributed by atoms with E-state index >= 15 is 0 Å². The van der Waals surface area contributed by atoms with Gasteiger partial charge < -0.3 is 10.5 Å². The Bertz CT molecular complexity index is 556. The SMILES string of the molecule is COc1nc(N)nc(Sc2nc(C)cc(C)n2)n1. The molecule has 0 saturated carbocycles. The molecule has 2 aromatic heterocycles. The van der Waals surface area contributed by atoms with Gasteiger partial charge in [0.2, 0.25) is 11.1 Å². The summed E-state index contributed by atoms with van der Waals surface area (Å²) < 4.78 is 4.92. The molecule has 7 nitrogen and oxygen atoms in total. The number of nitrogens with zero attached hydrogens (tertiary/aromatic N) is 5. The topological polar surface area (TPSA) is 99.7 Å². The molecule has 0 radical (unpaired) electrons. The summed E-state index contributed by atoms with van der Waals surface area (Å²) in [6.45, 7) is 3.81. The van der Waals surface area contributed by atoms with Gasteiger partial charge in [0.05, 0.1) is 7.11 Å². The van der Waals surface area contributed by atoms with Gasteiger partial charge in [-0.2, -0.15) is 15.0 Å². The largest absolute Gasteiger partial charge is 0.467 e. The Balaban J connectivity index is 2.30. The standard InChI is InChI=1S/C10H12N6OS/c1-5-4-6(2)13-9(12-5)18-10-15-7(11)14-8(16-10)17-3/h4H,1-3H3,(H2,11,14,15,16). The van der Waals surface area contributed by atoms with Crippen molar-refractivity contribution in [3.63, 3.8) is 0 Å². The fourth-order valence-electron chi connectivity index (χ4n) is 1.31. The van der Waals surface area contributed by atoms with Gasteiger partial charge in [-0.05, 0) is 31.7 Å². The van der Waals surface area contributed by atoms with Crippen LogP contribution in [0.4, 0.5) is 5.95 Å². The zero-order valence-electron chi connectivity index (χ0n) is 10.2. The predicted octanol–water partition coefficient (Wildman–Crippen LogP) is 1.02. The molecule has 0 spiro atoms. The highest BCUT2D eigenvalue weighted by Gasteiger charge is 2.09. The van der Waals surface area contributed by atoms with Crippen molar-refractivity contribution < 1.29 is 4.74 Å². The second kappa shape index (κ2) is 5.13. The average Bonchev–Trinajstić information content (AvgIpc) is 2.26. The quantitative estimate of drug-likeness (QED) is 0.820. The van der Waals surface area contributed by atoms with Crippen LogP contribution in [0.1, 0.15) is 11.4 Å². The summed E-state index contributed by atoms with van der Waals surface area (Å²) >= 11 is 1.22. The number of methoxy groups -OCH3 is 1. The maximum atomic E-state index is 5.55. The van der Waals surface area contributed by atoms with Crippen LogP contribution in [-0.2, 0) is 0 Å². The molecule has 2 N–H and O–H groups in total. The number of nitrogen functional groups attached to an aromatic ring is 1. The lowest BCUT2D eigenvalue weighted by atomic mass is 10.4. The second-order valence-corrected chi connectivity index (χ2v) is 4.43. The van der Waals surface area contributed by atoms with E-state index in [0.29, 0.717) is 10.3 Å². The number of rotatable bonds is 3. The Kier molecular flexibility index (Phi) is 3.56. The predicted molar refractivity (Wildman–Crippen MR) is 66.4 cm³/mol. The van der Waals surface area contributed by atoms with E-state index < -0.39 is 0 Å². The summed E-state index contributed by atoms with van der Waals surface area (Å²) in [7, 11) is 1.47. The van der Waals surface area contributed by atoms with Crippen molar-refractivity contribution in [2.75, 3.05) is 12.8 Å². The van der Waals surface area contributed by atoms with Crippen molar-refractivity contribution in [1.29, 1.82) is 0 Å². The van der Waals surface area contributed by atoms with E-state index in [2.05, 4.69) is 24.9 Å². The molecule has 2 aromatic rings. The Morgan fingerprint density at radius 2 is 1.61 bits per heavy atom. The van der Waals surface area contributed by atoms with Crippen molar-refractivity contribution >= 4 is 17.7 Å². The molecule has 0 aliphatic rings. The maximum absolute atomic E-state index is 5.55. The summed E-state index contributed by atoms with van der Waals surface area (Å²) in [4.78, 5) is 20.4. The number of hydrogen-bond donors (Lipinski definition) is 1. The van der Waals surface area contributed by atoms with Gasteiger partial charge >= 0.3 is 6.01 Å². The number of aryl methyl sites for hydroxylation is 2. The van der Waals surface area contributed by atoms with Crippen LogP contribution >= 0.6 is 11.8 Å². The maximum Gasteiger partial charge on any atom is 0.321 e. The Labute approximate surface area is 108 Å². The van der Waals surface area contributed by atoms with Gasteiger partial charge in [0.1, 0.15) is 0 Å². The van der Waals surface area contributed by atoms with E-state index in [-0.39, 0.29) is 12.0 Å². The first-order chi connectivity index (χ1) is 8.56. The zero-order valence-corrected chi connectivity index (χ0v) is 11.0. The lowest BCUT2D eigenvalue weighted by Gasteiger charge is -2.03. The molecule has 0 atom stereocenters. The lowest BCUT2D eigenvalue weighted by Crippen LogP contribution is -2.02. The third-order valence-corrected chi connectivity index (χ3v) is 2.67. The first-order valence-electron chi connectivity index (χ1n) is 5.12. The van der Waals surface area contributed by atoms with E-state index in [0.717, 1.165) is 11.4 Å². The van der Waals surface area contributed by atoms with Crippen LogP contribution in [0, 0.1) is 13.8 Å². The average molecular weight is 264 g/mol. The molecule has 18 heavy (non-hydrogen) atoms. The molecule has 0 aliphatic carbocycles. The minimum Gasteiger partial charge on any atom is -0.467 e. The summed E-state index contributed by atoms with van der Waals surface area (Å²) in [6.07, 6.45) is 0. The fourth-order valence-corrected chi connectivity index (χ4v) is 2.12. The van der Waals surface area contributed by atoms with Crippen LogP contribution in [0.3, 0.4) is 0 Å². The Hall–Kier alpha value is -1.96. The van der Waals surface area contributed by atoms with Crippen molar-refractivity contribution in [1.82, 2.24) is 24.9 Å². The normalized spacial score (nSPS) is 10.4. The van der Waals surface area contributed by atoms with Crippen LogP contribution in [-0.4, -0.2) is 32.0 Å². The van der Waals surface area contributed by atoms with Crippen LogP contribution in [0.2, 0.25) is 0 Å². The number of anilines is 1. The molecule has 0 unspecified atom stereocenters. The molecular weight excluding hydrogens is 252 g/mol. The van der Waals surface area contributed by atoms with Gasteiger partial charge in [-0.1, -0.05) is 0 Å². The number of aromatic nitrogens is 5. The molecule has 2 heterocycles. The van der Waals surface area contributed by atoms with Crippen LogP contribution in [0.25, 0.3) is 0 Å². The van der Waals surface area contributed by atoms with E-state index in [1.54, 1.807) is 0 Å². The molecule has 0 saturated heterocycles. The highest BCUT2D eigenvalue weighted by molar-refractivity contribution is 7.99. The monoisotopic (exact) mass is 264 g/mol. The first kappa shape index (κ1) is 12.5. The van der Waals surface area contributed by atoms with Gasteiger partial charge in [-0.15, -0.1) is 0 Å². The molecule has 0 aromatic carbocycles. The molecular formula is C10H12N6OS. The van der Waals surface area contributed by atoms with E-state index in [1.165, 1.54) is 18.9 Å². The molecule has 2 rings (SSSR count). The first-order valence-corrected chi connectivity index (χ1v) is 5.94. The molecule has 0 bridgehead atoms. The molecule has 8 heteroatoms. The van der Waals surface area contributed by atoms with Gasteiger partial charge in [0.15, 0.2) is 5.16 Å². The number of ether oxygens (including phenoxy) is 1. The third-order valence-electron chi connectivity index (χ3n) is 1.94. The van der Waals surface area contributed by atoms with Crippen LogP contribution in [0.5, 0.6) is 6.01 Å². The summed E-state index contributed by atoms with van der Waals surface area (Å²) in [5.74, 6) is 0.105. The summed E-state index contributed by atoms with van der Waals surface area (Å²) in [5, 5.41) is 0.976. The van der Waals surface area contributed by atoms with Crippen molar-refractivity contribution in [2.24, 2.45) is 0 Å². The minimum atomic E-state index is 0.105. The third kappa shape index (κ3) is 3.04. The summed E-state index contributed by atoms with van der Waals surface area (Å²) in [5.41, 5.74) is 7.33. The second-order valence-electron chi connectivity index (χ2n) is 3.50. The fraction of sp³-hybridized carbons (Fsp3) is 0.300. The van der Waals surface area contributed by atoms with E-state index in [9.17, 15) is 0 Å². The van der Waals surface area contributed by atoms with Gasteiger partial charge in [-0.25, -0.2) is 9.97 Å². The van der Waals surface area contributed by atoms with Crippen molar-refractivity contribution in [2.45, 2.75) is 24.2 Å². The number of nitrogens with two attached hydrogens (primary N) is 1. The van der Waals surface area contributed by atoms with Crippen molar-refractivity contribution in [3.05, 3.63) is 17.5 Å². The lowest BCUT2D eigenvalue weighted by molar-refractivity contribution is 0.374. The summed E-state index contributed by atoms with van der Waals surface area (Å²) in [6, 6.07) is 2.07. The van der Waals surface area contributed by atoms with Gasteiger partial charge in [-0.3, -0.25) is 0 Å². The smallest absolute Gasteiger partial charge is 0.321 e. The van der Waals surface area contributed by atoms with E-state index in [1.807, 2.05) is 19.9 Å². The van der Waals surface area contributed by atoms with Gasteiger partial charge in [0, 0.05) is 11.4 Å². The molecule has 94 valence electrons. The Morgan fingerprint density at radius 1 is 1.00 bits per heavy atom. The highest BCUT2D eigenvalue weighted by atomic mass is 32.2. The van der Waals surface area contributed by atoms with Gasteiger partial charge in [0.25, 0.3) is 0 Å². The van der Waals surface area contributed by atoms with Crippen LogP contribution < -0.4 is 10.5 Å².